The van der Waals surface area contributed by atoms with Crippen molar-refractivity contribution in [1.82, 2.24) is 5.32 Å². The van der Waals surface area contributed by atoms with Gasteiger partial charge in [0, 0.05) is 31.0 Å². The summed E-state index contributed by atoms with van der Waals surface area (Å²) < 4.78 is 42.4. The Morgan fingerprint density at radius 3 is 2.26 bits per heavy atom. The van der Waals surface area contributed by atoms with Gasteiger partial charge >= 0.3 is 6.09 Å². The van der Waals surface area contributed by atoms with Gasteiger partial charge in [0.25, 0.3) is 0 Å². The smallest absolute Gasteiger partial charge is 0.407 e. The van der Waals surface area contributed by atoms with E-state index in [4.69, 9.17) is 9.47 Å². The molecular weight excluding hydrogens is 308 g/mol. The van der Waals surface area contributed by atoms with Gasteiger partial charge in [-0.25, -0.2) is 13.6 Å². The van der Waals surface area contributed by atoms with Gasteiger partial charge in [0.2, 0.25) is 0 Å². The molecule has 1 aliphatic carbocycles. The fourth-order valence-corrected chi connectivity index (χ4v) is 2.25. The molecule has 1 amide bonds. The summed E-state index contributed by atoms with van der Waals surface area (Å²) in [6.07, 6.45) is 0.410. The second-order valence-corrected chi connectivity index (χ2v) is 6.47. The molecule has 1 fully saturated rings. The maximum Gasteiger partial charge on any atom is 0.407 e. The lowest BCUT2D eigenvalue weighted by Gasteiger charge is -2.36. The van der Waals surface area contributed by atoms with Crippen LogP contribution in [-0.2, 0) is 4.74 Å². The van der Waals surface area contributed by atoms with Gasteiger partial charge in [-0.2, -0.15) is 0 Å². The molecule has 1 aliphatic rings. The molecule has 0 atom stereocenters. The first-order chi connectivity index (χ1) is 10.7. The highest BCUT2D eigenvalue weighted by atomic mass is 19.1. The Labute approximate surface area is 133 Å². The lowest BCUT2D eigenvalue weighted by Crippen LogP contribution is -2.50. The summed E-state index contributed by atoms with van der Waals surface area (Å²) in [5, 5.41) is 2.72. The number of halogens is 2. The number of amides is 1. The largest absolute Gasteiger partial charge is 0.491 e. The second kappa shape index (κ2) is 6.60. The van der Waals surface area contributed by atoms with E-state index >= 15 is 0 Å². The monoisotopic (exact) mass is 329 g/mol. The van der Waals surface area contributed by atoms with Gasteiger partial charge in [0.15, 0.2) is 17.4 Å². The van der Waals surface area contributed by atoms with Crippen LogP contribution in [0.5, 0.6) is 11.5 Å². The molecule has 0 aliphatic heterocycles. The number of methoxy groups -OCH3 is 1. The Kier molecular flexibility index (Phi) is 4.97. The number of benzene rings is 1. The molecule has 23 heavy (non-hydrogen) atoms. The van der Waals surface area contributed by atoms with Crippen LogP contribution in [0, 0.1) is 11.6 Å². The summed E-state index contributed by atoms with van der Waals surface area (Å²) in [4.78, 5) is 11.6. The highest BCUT2D eigenvalue weighted by Crippen LogP contribution is 2.31. The van der Waals surface area contributed by atoms with Gasteiger partial charge in [-0.3, -0.25) is 0 Å². The van der Waals surface area contributed by atoms with Crippen molar-refractivity contribution in [2.45, 2.75) is 51.4 Å². The van der Waals surface area contributed by atoms with E-state index in [0.29, 0.717) is 12.8 Å². The van der Waals surface area contributed by atoms with Crippen molar-refractivity contribution in [2.24, 2.45) is 0 Å². The fraction of sp³-hybridized carbons (Fsp3) is 0.562. The third-order valence-corrected chi connectivity index (χ3v) is 3.29. The minimum atomic E-state index is -0.815. The van der Waals surface area contributed by atoms with E-state index in [0.717, 1.165) is 12.1 Å². The van der Waals surface area contributed by atoms with Gasteiger partial charge in [0.1, 0.15) is 17.5 Å². The maximum atomic E-state index is 13.6. The first-order valence-corrected chi connectivity index (χ1v) is 7.37. The number of nitrogens with one attached hydrogen (secondary N) is 1. The van der Waals surface area contributed by atoms with Crippen molar-refractivity contribution < 1.29 is 27.8 Å². The zero-order valence-electron chi connectivity index (χ0n) is 13.6. The van der Waals surface area contributed by atoms with Crippen molar-refractivity contribution in [3.63, 3.8) is 0 Å². The molecule has 0 aromatic heterocycles. The standard InChI is InChI=1S/C16H21F2NO4/c1-16(2,3)23-15(20)19-9-5-10(6-9)22-11-7-12(17)14(21-4)13(18)8-11/h7-10H,5-6H2,1-4H3,(H,19,20). The molecule has 7 heteroatoms. The first kappa shape index (κ1) is 17.3. The number of hydrogen-bond donors (Lipinski definition) is 1. The van der Waals surface area contributed by atoms with E-state index in [-0.39, 0.29) is 17.9 Å². The van der Waals surface area contributed by atoms with Crippen LogP contribution in [0.2, 0.25) is 0 Å². The van der Waals surface area contributed by atoms with Crippen LogP contribution < -0.4 is 14.8 Å². The number of carbonyl (C=O) groups excluding carboxylic acids is 1. The number of ether oxygens (including phenoxy) is 3. The van der Waals surface area contributed by atoms with E-state index in [1.54, 1.807) is 20.8 Å². The van der Waals surface area contributed by atoms with E-state index in [1.165, 1.54) is 7.11 Å². The van der Waals surface area contributed by atoms with E-state index in [2.05, 4.69) is 10.1 Å². The van der Waals surface area contributed by atoms with Crippen molar-refractivity contribution in [3.05, 3.63) is 23.8 Å². The third kappa shape index (κ3) is 4.71. The Hall–Kier alpha value is -2.05. The lowest BCUT2D eigenvalue weighted by atomic mass is 9.89. The number of hydrogen-bond acceptors (Lipinski definition) is 4. The maximum absolute atomic E-state index is 13.6. The molecule has 2 rings (SSSR count). The normalized spacial score (nSPS) is 20.4. The Balaban J connectivity index is 1.81. The zero-order valence-corrected chi connectivity index (χ0v) is 13.6. The molecule has 1 saturated carbocycles. The minimum absolute atomic E-state index is 0.0669. The summed E-state index contributed by atoms with van der Waals surface area (Å²) in [5.41, 5.74) is -0.554. The van der Waals surface area contributed by atoms with Crippen molar-refractivity contribution >= 4 is 6.09 Å². The molecule has 1 aromatic rings. The molecule has 0 radical (unpaired) electrons. The number of rotatable bonds is 4. The molecule has 1 aromatic carbocycles. The lowest BCUT2D eigenvalue weighted by molar-refractivity contribution is 0.0362. The van der Waals surface area contributed by atoms with E-state index in [9.17, 15) is 13.6 Å². The van der Waals surface area contributed by atoms with Gasteiger partial charge in [-0.1, -0.05) is 0 Å². The van der Waals surface area contributed by atoms with E-state index in [1.807, 2.05) is 0 Å². The topological polar surface area (TPSA) is 56.8 Å². The predicted octanol–water partition coefficient (Wildman–Crippen LogP) is 3.41. The van der Waals surface area contributed by atoms with Crippen LogP contribution in [0.1, 0.15) is 33.6 Å². The van der Waals surface area contributed by atoms with Crippen LogP contribution in [0.4, 0.5) is 13.6 Å². The van der Waals surface area contributed by atoms with E-state index < -0.39 is 29.1 Å². The van der Waals surface area contributed by atoms with Crippen LogP contribution >= 0.6 is 0 Å². The SMILES string of the molecule is COc1c(F)cc(OC2CC(NC(=O)OC(C)(C)C)C2)cc1F. The van der Waals surface area contributed by atoms with Gasteiger partial charge in [0.05, 0.1) is 7.11 Å². The summed E-state index contributed by atoms with van der Waals surface area (Å²) in [7, 11) is 1.20. The van der Waals surface area contributed by atoms with Crippen LogP contribution in [0.25, 0.3) is 0 Å². The highest BCUT2D eigenvalue weighted by molar-refractivity contribution is 5.68. The third-order valence-electron chi connectivity index (χ3n) is 3.29. The number of carbonyl (C=O) groups is 1. The summed E-state index contributed by atoms with van der Waals surface area (Å²) >= 11 is 0. The first-order valence-electron chi connectivity index (χ1n) is 7.37. The van der Waals surface area contributed by atoms with Crippen molar-refractivity contribution in [2.75, 3.05) is 7.11 Å². The van der Waals surface area contributed by atoms with Gasteiger partial charge < -0.3 is 19.5 Å². The average Bonchev–Trinajstić information content (AvgIpc) is 2.33. The zero-order chi connectivity index (χ0) is 17.2. The molecule has 5 nitrogen and oxygen atoms in total. The molecule has 1 N–H and O–H groups in total. The minimum Gasteiger partial charge on any atom is -0.491 e. The van der Waals surface area contributed by atoms with Gasteiger partial charge in [-0.15, -0.1) is 0 Å². The average molecular weight is 329 g/mol. The Morgan fingerprint density at radius 1 is 1.22 bits per heavy atom. The molecule has 0 saturated heterocycles. The molecule has 128 valence electrons. The Bertz CT molecular complexity index is 557. The summed E-state index contributed by atoms with van der Waals surface area (Å²) in [5.74, 6) is -1.97. The molecular formula is C16H21F2NO4. The van der Waals surface area contributed by atoms with Crippen molar-refractivity contribution in [1.29, 1.82) is 0 Å². The second-order valence-electron chi connectivity index (χ2n) is 6.47. The molecule has 0 unspecified atom stereocenters. The van der Waals surface area contributed by atoms with Crippen LogP contribution in [-0.4, -0.2) is 30.9 Å². The van der Waals surface area contributed by atoms with Gasteiger partial charge in [-0.05, 0) is 20.8 Å². The van der Waals surface area contributed by atoms with Crippen LogP contribution in [0.3, 0.4) is 0 Å². The molecule has 0 bridgehead atoms. The molecule has 0 spiro atoms. The predicted molar refractivity (Wildman–Crippen MR) is 79.7 cm³/mol. The quantitative estimate of drug-likeness (QED) is 0.920. The summed E-state index contributed by atoms with van der Waals surface area (Å²) in [6, 6.07) is 2.09. The molecule has 0 heterocycles. The van der Waals surface area contributed by atoms with Crippen molar-refractivity contribution in [3.8, 4) is 11.5 Å². The Morgan fingerprint density at radius 2 is 1.78 bits per heavy atom. The fourth-order valence-electron chi connectivity index (χ4n) is 2.25. The number of alkyl carbamates (subject to hydrolysis) is 1. The summed E-state index contributed by atoms with van der Waals surface area (Å²) in [6.45, 7) is 5.35. The van der Waals surface area contributed by atoms with Crippen LogP contribution in [0.15, 0.2) is 12.1 Å². The highest BCUT2D eigenvalue weighted by Gasteiger charge is 2.33.